The summed E-state index contributed by atoms with van der Waals surface area (Å²) in [5.74, 6) is 0.785. The highest BCUT2D eigenvalue weighted by atomic mass is 32.2. The van der Waals surface area contributed by atoms with Crippen LogP contribution in [0.3, 0.4) is 0 Å². The number of hydrogen-bond donors (Lipinski definition) is 0. The highest BCUT2D eigenvalue weighted by Gasteiger charge is 2.11. The summed E-state index contributed by atoms with van der Waals surface area (Å²) in [6, 6.07) is 16.2. The van der Waals surface area contributed by atoms with Crippen molar-refractivity contribution < 1.29 is 9.15 Å². The van der Waals surface area contributed by atoms with Crippen LogP contribution in [0.4, 0.5) is 0 Å². The lowest BCUT2D eigenvalue weighted by molar-refractivity contribution is 0.131. The summed E-state index contributed by atoms with van der Waals surface area (Å²) in [5, 5.41) is 1.36. The average molecular weight is 397 g/mol. The van der Waals surface area contributed by atoms with Crippen molar-refractivity contribution >= 4 is 22.7 Å². The van der Waals surface area contributed by atoms with Gasteiger partial charge >= 0.3 is 0 Å². The molecule has 0 unspecified atom stereocenters. The van der Waals surface area contributed by atoms with Crippen LogP contribution in [0.15, 0.2) is 62.8 Å². The third-order valence-corrected chi connectivity index (χ3v) is 5.86. The predicted octanol–water partition coefficient (Wildman–Crippen LogP) is 6.14. The van der Waals surface area contributed by atoms with Crippen molar-refractivity contribution in [1.29, 1.82) is 0 Å². The lowest BCUT2D eigenvalue weighted by Gasteiger charge is -2.07. The monoisotopic (exact) mass is 396 g/mol. The molecule has 0 radical (unpaired) electrons. The van der Waals surface area contributed by atoms with Crippen molar-refractivity contribution in [3.8, 4) is 0 Å². The molecule has 0 bridgehead atoms. The smallest absolute Gasteiger partial charge is 0.196 e. The minimum atomic E-state index is 0.0580. The van der Waals surface area contributed by atoms with Gasteiger partial charge in [-0.2, -0.15) is 0 Å². The van der Waals surface area contributed by atoms with E-state index in [1.165, 1.54) is 11.1 Å². The number of aryl methyl sites for hydroxylation is 1. The second-order valence-electron chi connectivity index (χ2n) is 7.01. The van der Waals surface area contributed by atoms with Gasteiger partial charge in [0.15, 0.2) is 10.5 Å². The Bertz CT molecular complexity index is 944. The first-order chi connectivity index (χ1) is 13.7. The molecule has 0 amide bonds. The minimum Gasteiger partial charge on any atom is -0.449 e. The first-order valence-electron chi connectivity index (χ1n) is 10.00. The standard InChI is InChI=1S/C24H28O3S/c1-3-15-26-16-7-6-8-19-11-13-20(14-12-19)17-28-24-18(2)23(25)21-9-4-5-10-22(21)27-24/h4-5,9-14H,3,6-8,15-17H2,1-2H3. The zero-order valence-electron chi connectivity index (χ0n) is 16.7. The molecule has 0 atom stereocenters. The molecular formula is C24H28O3S. The van der Waals surface area contributed by atoms with E-state index in [1.807, 2.05) is 31.2 Å². The Balaban J connectivity index is 1.54. The molecule has 0 aliphatic heterocycles. The van der Waals surface area contributed by atoms with Crippen molar-refractivity contribution in [2.45, 2.75) is 50.4 Å². The number of hydrogen-bond acceptors (Lipinski definition) is 4. The molecule has 28 heavy (non-hydrogen) atoms. The second kappa shape index (κ2) is 10.5. The van der Waals surface area contributed by atoms with E-state index in [0.717, 1.165) is 44.6 Å². The van der Waals surface area contributed by atoms with Crippen LogP contribution in [0, 0.1) is 6.92 Å². The van der Waals surface area contributed by atoms with Gasteiger partial charge in [0, 0.05) is 24.5 Å². The number of benzene rings is 2. The van der Waals surface area contributed by atoms with Crippen LogP contribution in [-0.2, 0) is 16.9 Å². The zero-order chi connectivity index (χ0) is 19.8. The number of thioether (sulfide) groups is 1. The zero-order valence-corrected chi connectivity index (χ0v) is 17.5. The van der Waals surface area contributed by atoms with Gasteiger partial charge < -0.3 is 9.15 Å². The van der Waals surface area contributed by atoms with Crippen LogP contribution in [0.25, 0.3) is 11.0 Å². The molecule has 1 heterocycles. The molecule has 1 aromatic heterocycles. The fraction of sp³-hybridized carbons (Fsp3) is 0.375. The highest BCUT2D eigenvalue weighted by Crippen LogP contribution is 2.27. The van der Waals surface area contributed by atoms with Gasteiger partial charge in [-0.25, -0.2) is 0 Å². The molecule has 4 heteroatoms. The third-order valence-electron chi connectivity index (χ3n) is 4.73. The van der Waals surface area contributed by atoms with E-state index >= 15 is 0 Å². The predicted molar refractivity (Wildman–Crippen MR) is 117 cm³/mol. The molecule has 0 N–H and O–H groups in total. The van der Waals surface area contributed by atoms with Crippen LogP contribution >= 0.6 is 11.8 Å². The molecule has 3 nitrogen and oxygen atoms in total. The summed E-state index contributed by atoms with van der Waals surface area (Å²) >= 11 is 1.58. The van der Waals surface area contributed by atoms with E-state index in [0.29, 0.717) is 21.6 Å². The van der Waals surface area contributed by atoms with Crippen LogP contribution < -0.4 is 5.43 Å². The molecule has 0 saturated carbocycles. The van der Waals surface area contributed by atoms with E-state index in [9.17, 15) is 4.79 Å². The first kappa shape index (κ1) is 20.7. The Morgan fingerprint density at radius 2 is 1.71 bits per heavy atom. The van der Waals surface area contributed by atoms with Gasteiger partial charge in [-0.05, 0) is 55.9 Å². The molecule has 3 rings (SSSR count). The van der Waals surface area contributed by atoms with Gasteiger partial charge in [-0.3, -0.25) is 4.79 Å². The Morgan fingerprint density at radius 3 is 2.50 bits per heavy atom. The lowest BCUT2D eigenvalue weighted by Crippen LogP contribution is -2.06. The lowest BCUT2D eigenvalue weighted by atomic mass is 10.1. The van der Waals surface area contributed by atoms with Crippen LogP contribution in [-0.4, -0.2) is 13.2 Å². The Kier molecular flexibility index (Phi) is 7.75. The van der Waals surface area contributed by atoms with Crippen LogP contribution in [0.2, 0.25) is 0 Å². The Hall–Kier alpha value is -2.04. The van der Waals surface area contributed by atoms with Gasteiger partial charge in [0.05, 0.1) is 5.39 Å². The largest absolute Gasteiger partial charge is 0.449 e. The van der Waals surface area contributed by atoms with Gasteiger partial charge in [0.25, 0.3) is 0 Å². The molecule has 0 aliphatic carbocycles. The Morgan fingerprint density at radius 1 is 0.964 bits per heavy atom. The number of para-hydroxylation sites is 1. The molecule has 0 fully saturated rings. The van der Waals surface area contributed by atoms with Crippen molar-refractivity contribution in [2.75, 3.05) is 13.2 Å². The SMILES string of the molecule is CCCOCCCCc1ccc(CSc2oc3ccccc3c(=O)c2C)cc1. The molecule has 2 aromatic carbocycles. The summed E-state index contributed by atoms with van der Waals surface area (Å²) in [4.78, 5) is 12.5. The van der Waals surface area contributed by atoms with Gasteiger partial charge in [0.2, 0.25) is 0 Å². The minimum absolute atomic E-state index is 0.0580. The molecule has 148 valence electrons. The maximum absolute atomic E-state index is 12.5. The first-order valence-corrected chi connectivity index (χ1v) is 11.0. The van der Waals surface area contributed by atoms with Gasteiger partial charge in [0.1, 0.15) is 5.58 Å². The van der Waals surface area contributed by atoms with E-state index in [1.54, 1.807) is 11.8 Å². The third kappa shape index (κ3) is 5.49. The maximum atomic E-state index is 12.5. The maximum Gasteiger partial charge on any atom is 0.196 e. The summed E-state index contributed by atoms with van der Waals surface area (Å²) in [6.45, 7) is 5.70. The molecule has 3 aromatic rings. The van der Waals surface area contributed by atoms with Crippen molar-refractivity contribution in [3.05, 3.63) is 75.4 Å². The second-order valence-corrected chi connectivity index (χ2v) is 7.96. The van der Waals surface area contributed by atoms with Gasteiger partial charge in [-0.1, -0.05) is 55.1 Å². The van der Waals surface area contributed by atoms with Crippen LogP contribution in [0.1, 0.15) is 42.9 Å². The number of unbranched alkanes of at least 4 members (excludes halogenated alkanes) is 1. The fourth-order valence-corrected chi connectivity index (χ4v) is 4.03. The highest BCUT2D eigenvalue weighted by molar-refractivity contribution is 7.98. The number of rotatable bonds is 10. The van der Waals surface area contributed by atoms with Crippen LogP contribution in [0.5, 0.6) is 0 Å². The van der Waals surface area contributed by atoms with Crippen molar-refractivity contribution in [2.24, 2.45) is 0 Å². The van der Waals surface area contributed by atoms with Crippen molar-refractivity contribution in [1.82, 2.24) is 0 Å². The molecule has 0 spiro atoms. The topological polar surface area (TPSA) is 39.4 Å². The summed E-state index contributed by atoms with van der Waals surface area (Å²) in [5.41, 5.74) is 3.99. The van der Waals surface area contributed by atoms with E-state index in [-0.39, 0.29) is 5.43 Å². The Labute approximate surface area is 171 Å². The number of ether oxygens (including phenoxy) is 1. The van der Waals surface area contributed by atoms with E-state index in [2.05, 4.69) is 31.2 Å². The van der Waals surface area contributed by atoms with E-state index in [4.69, 9.17) is 9.15 Å². The van der Waals surface area contributed by atoms with Crippen molar-refractivity contribution in [3.63, 3.8) is 0 Å². The molecule has 0 aliphatic rings. The van der Waals surface area contributed by atoms with Gasteiger partial charge in [-0.15, -0.1) is 0 Å². The average Bonchev–Trinajstić information content (AvgIpc) is 2.73. The molecular weight excluding hydrogens is 368 g/mol. The summed E-state index contributed by atoms with van der Waals surface area (Å²) in [7, 11) is 0. The summed E-state index contributed by atoms with van der Waals surface area (Å²) < 4.78 is 11.5. The summed E-state index contributed by atoms with van der Waals surface area (Å²) in [6.07, 6.45) is 4.43. The van der Waals surface area contributed by atoms with E-state index < -0.39 is 0 Å². The number of fused-ring (bicyclic) bond motifs is 1. The quantitative estimate of drug-likeness (QED) is 0.305. The fourth-order valence-electron chi connectivity index (χ4n) is 3.08. The normalized spacial score (nSPS) is 11.2. The molecule has 0 saturated heterocycles.